The van der Waals surface area contributed by atoms with Gasteiger partial charge in [0.2, 0.25) is 5.95 Å². The molecule has 5 heteroatoms. The lowest BCUT2D eigenvalue weighted by atomic mass is 10.1. The molecular formula is C13H20N4O. The normalized spacial score (nSPS) is 13.2. The summed E-state index contributed by atoms with van der Waals surface area (Å²) in [5.74, 6) is 1.04. The highest BCUT2D eigenvalue weighted by Crippen LogP contribution is 2.09. The molecular weight excluding hydrogens is 228 g/mol. The number of aliphatic hydroxyl groups is 1. The van der Waals surface area contributed by atoms with Crippen LogP contribution in [-0.4, -0.2) is 32.4 Å². The van der Waals surface area contributed by atoms with E-state index in [0.29, 0.717) is 18.4 Å². The molecule has 2 heterocycles. The summed E-state index contributed by atoms with van der Waals surface area (Å²) in [4.78, 5) is 4.35. The zero-order valence-electron chi connectivity index (χ0n) is 11.1. The fourth-order valence-corrected chi connectivity index (χ4v) is 1.89. The summed E-state index contributed by atoms with van der Waals surface area (Å²) in [5.41, 5.74) is 1.97. The molecule has 2 N–H and O–H groups in total. The molecule has 0 fully saturated rings. The highest BCUT2D eigenvalue weighted by Gasteiger charge is 2.08. The Morgan fingerprint density at radius 2 is 2.22 bits per heavy atom. The lowest BCUT2D eigenvalue weighted by molar-refractivity contribution is 0.161. The highest BCUT2D eigenvalue weighted by molar-refractivity contribution is 5.45. The number of anilines is 1. The highest BCUT2D eigenvalue weighted by atomic mass is 16.3. The average molecular weight is 248 g/mol. The number of nitrogens with one attached hydrogen (secondary N) is 1. The third-order valence-electron chi connectivity index (χ3n) is 2.73. The minimum atomic E-state index is -0.363. The molecule has 2 aromatic rings. The van der Waals surface area contributed by atoms with E-state index in [1.807, 2.05) is 25.3 Å². The van der Waals surface area contributed by atoms with Crippen LogP contribution in [-0.2, 0) is 0 Å². The second-order valence-corrected chi connectivity index (χ2v) is 5.11. The second-order valence-electron chi connectivity index (χ2n) is 5.11. The Labute approximate surface area is 107 Å². The van der Waals surface area contributed by atoms with Crippen molar-refractivity contribution < 1.29 is 5.11 Å². The summed E-state index contributed by atoms with van der Waals surface area (Å²) in [5, 5.41) is 17.1. The summed E-state index contributed by atoms with van der Waals surface area (Å²) >= 11 is 0. The van der Waals surface area contributed by atoms with Crippen LogP contribution in [0.3, 0.4) is 0 Å². The third-order valence-corrected chi connectivity index (χ3v) is 2.73. The first-order chi connectivity index (χ1) is 8.54. The molecule has 0 radical (unpaired) electrons. The maximum Gasteiger partial charge on any atom is 0.243 e. The van der Waals surface area contributed by atoms with E-state index in [-0.39, 0.29) is 6.10 Å². The summed E-state index contributed by atoms with van der Waals surface area (Å²) in [7, 11) is 0. The fourth-order valence-electron chi connectivity index (χ4n) is 1.89. The molecule has 0 aliphatic rings. The van der Waals surface area contributed by atoms with Gasteiger partial charge in [0, 0.05) is 12.7 Å². The molecule has 0 amide bonds. The molecule has 0 bridgehead atoms. The van der Waals surface area contributed by atoms with E-state index in [4.69, 9.17) is 0 Å². The van der Waals surface area contributed by atoms with Gasteiger partial charge in [0.05, 0.1) is 6.10 Å². The van der Waals surface area contributed by atoms with Crippen molar-refractivity contribution in [3.63, 3.8) is 0 Å². The molecule has 0 spiro atoms. The molecule has 0 aliphatic carbocycles. The van der Waals surface area contributed by atoms with Crippen molar-refractivity contribution in [1.82, 2.24) is 14.6 Å². The van der Waals surface area contributed by atoms with E-state index in [1.54, 1.807) is 4.52 Å². The summed E-state index contributed by atoms with van der Waals surface area (Å²) < 4.78 is 1.73. The van der Waals surface area contributed by atoms with E-state index < -0.39 is 0 Å². The van der Waals surface area contributed by atoms with Gasteiger partial charge in [0.1, 0.15) is 0 Å². The predicted molar refractivity (Wildman–Crippen MR) is 71.7 cm³/mol. The van der Waals surface area contributed by atoms with Gasteiger partial charge in [-0.25, -0.2) is 4.52 Å². The molecule has 18 heavy (non-hydrogen) atoms. The van der Waals surface area contributed by atoms with Gasteiger partial charge >= 0.3 is 0 Å². The summed E-state index contributed by atoms with van der Waals surface area (Å²) in [6, 6.07) is 3.96. The van der Waals surface area contributed by atoms with Crippen LogP contribution >= 0.6 is 0 Å². The first-order valence-electron chi connectivity index (χ1n) is 6.29. The number of fused-ring (bicyclic) bond motifs is 1. The average Bonchev–Trinajstić information content (AvgIpc) is 2.67. The molecule has 0 aromatic carbocycles. The Kier molecular flexibility index (Phi) is 3.81. The Bertz CT molecular complexity index is 521. The first-order valence-corrected chi connectivity index (χ1v) is 6.29. The minimum Gasteiger partial charge on any atom is -0.391 e. The standard InChI is InChI=1S/C13H20N4O/c1-9(2)6-11(18)8-14-13-15-12-7-10(3)4-5-17(12)16-13/h4-5,7,9,11,18H,6,8H2,1-3H3,(H,14,16). The van der Waals surface area contributed by atoms with Gasteiger partial charge in [-0.2, -0.15) is 4.98 Å². The lowest BCUT2D eigenvalue weighted by Gasteiger charge is -2.12. The minimum absolute atomic E-state index is 0.363. The van der Waals surface area contributed by atoms with Crippen molar-refractivity contribution in [3.05, 3.63) is 23.9 Å². The van der Waals surface area contributed by atoms with Crippen LogP contribution in [0.5, 0.6) is 0 Å². The fraction of sp³-hybridized carbons (Fsp3) is 0.538. The van der Waals surface area contributed by atoms with Gasteiger partial charge in [0.25, 0.3) is 0 Å². The molecule has 2 rings (SSSR count). The van der Waals surface area contributed by atoms with Crippen molar-refractivity contribution in [2.24, 2.45) is 5.92 Å². The zero-order chi connectivity index (χ0) is 13.1. The van der Waals surface area contributed by atoms with Gasteiger partial charge in [-0.15, -0.1) is 5.10 Å². The number of aliphatic hydroxyl groups excluding tert-OH is 1. The van der Waals surface area contributed by atoms with Crippen LogP contribution in [0.4, 0.5) is 5.95 Å². The molecule has 98 valence electrons. The summed E-state index contributed by atoms with van der Waals surface area (Å²) in [6.45, 7) is 6.69. The maximum atomic E-state index is 9.78. The van der Waals surface area contributed by atoms with Crippen LogP contribution in [0.1, 0.15) is 25.8 Å². The van der Waals surface area contributed by atoms with Gasteiger partial charge in [-0.1, -0.05) is 13.8 Å². The van der Waals surface area contributed by atoms with E-state index in [0.717, 1.165) is 17.6 Å². The van der Waals surface area contributed by atoms with Crippen LogP contribution < -0.4 is 5.32 Å². The number of pyridine rings is 1. The Balaban J connectivity index is 1.99. The number of rotatable bonds is 5. The SMILES string of the molecule is Cc1ccn2nc(NCC(O)CC(C)C)nc2c1. The number of aromatic nitrogens is 3. The van der Waals surface area contributed by atoms with E-state index >= 15 is 0 Å². The van der Waals surface area contributed by atoms with E-state index in [1.165, 1.54) is 0 Å². The van der Waals surface area contributed by atoms with Crippen LogP contribution in [0.25, 0.3) is 5.65 Å². The van der Waals surface area contributed by atoms with Crippen LogP contribution in [0.15, 0.2) is 18.3 Å². The molecule has 0 saturated carbocycles. The topological polar surface area (TPSA) is 62.5 Å². The Hall–Kier alpha value is -1.62. The Morgan fingerprint density at radius 3 is 2.94 bits per heavy atom. The van der Waals surface area contributed by atoms with E-state index in [9.17, 15) is 5.11 Å². The molecule has 1 atom stereocenters. The van der Waals surface area contributed by atoms with Crippen molar-refractivity contribution in [2.75, 3.05) is 11.9 Å². The van der Waals surface area contributed by atoms with Crippen LogP contribution in [0.2, 0.25) is 0 Å². The number of nitrogens with zero attached hydrogens (tertiary/aromatic N) is 3. The van der Waals surface area contributed by atoms with Crippen molar-refractivity contribution in [3.8, 4) is 0 Å². The van der Waals surface area contributed by atoms with Crippen LogP contribution in [0, 0.1) is 12.8 Å². The quantitative estimate of drug-likeness (QED) is 0.847. The number of hydrogen-bond donors (Lipinski definition) is 2. The molecule has 5 nitrogen and oxygen atoms in total. The second kappa shape index (κ2) is 5.35. The first kappa shape index (κ1) is 12.8. The smallest absolute Gasteiger partial charge is 0.243 e. The third kappa shape index (κ3) is 3.20. The molecule has 0 aliphatic heterocycles. The molecule has 0 saturated heterocycles. The predicted octanol–water partition coefficient (Wildman–Crippen LogP) is 1.86. The summed E-state index contributed by atoms with van der Waals surface area (Å²) in [6.07, 6.45) is 2.30. The molecule has 1 unspecified atom stereocenters. The van der Waals surface area contributed by atoms with Gasteiger partial charge in [-0.05, 0) is 37.0 Å². The van der Waals surface area contributed by atoms with Gasteiger partial charge in [0.15, 0.2) is 5.65 Å². The van der Waals surface area contributed by atoms with Gasteiger partial charge in [-0.3, -0.25) is 0 Å². The monoisotopic (exact) mass is 248 g/mol. The zero-order valence-corrected chi connectivity index (χ0v) is 11.1. The van der Waals surface area contributed by atoms with Crippen molar-refractivity contribution >= 4 is 11.6 Å². The number of aryl methyl sites for hydroxylation is 1. The lowest BCUT2D eigenvalue weighted by Crippen LogP contribution is -2.21. The maximum absolute atomic E-state index is 9.78. The van der Waals surface area contributed by atoms with Crippen molar-refractivity contribution in [1.29, 1.82) is 0 Å². The largest absolute Gasteiger partial charge is 0.391 e. The number of hydrogen-bond acceptors (Lipinski definition) is 4. The van der Waals surface area contributed by atoms with Gasteiger partial charge < -0.3 is 10.4 Å². The Morgan fingerprint density at radius 1 is 1.44 bits per heavy atom. The van der Waals surface area contributed by atoms with Crippen molar-refractivity contribution in [2.45, 2.75) is 33.3 Å². The van der Waals surface area contributed by atoms with E-state index in [2.05, 4.69) is 29.2 Å². The molecule has 2 aromatic heterocycles.